The Bertz CT molecular complexity index is 2490. The van der Waals surface area contributed by atoms with E-state index in [1.165, 1.54) is 72.0 Å². The minimum Gasteiger partial charge on any atom is -0.457 e. The second-order valence-electron chi connectivity index (χ2n) is 12.5. The molecule has 0 N–H and O–H groups in total. The Morgan fingerprint density at radius 1 is 0.478 bits per heavy atom. The number of rotatable bonds is 2. The number of nitrogens with zero attached hydrogens (tertiary/aromatic N) is 1. The molecule has 2 aliphatic rings. The molecule has 7 aromatic carbocycles. The van der Waals surface area contributed by atoms with Gasteiger partial charge in [0, 0.05) is 16.3 Å². The summed E-state index contributed by atoms with van der Waals surface area (Å²) < 4.78 is 9.24. The van der Waals surface area contributed by atoms with Crippen LogP contribution in [-0.4, -0.2) is 4.57 Å². The lowest BCUT2D eigenvalue weighted by Crippen LogP contribution is -2.30. The monoisotopic (exact) mass is 587 g/mol. The van der Waals surface area contributed by atoms with Gasteiger partial charge in [-0.1, -0.05) is 127 Å². The Hall–Kier alpha value is -5.86. The molecular formula is C44H29NO. The van der Waals surface area contributed by atoms with Gasteiger partial charge in [0.05, 0.1) is 22.1 Å². The lowest BCUT2D eigenvalue weighted by Gasteiger charge is -2.34. The van der Waals surface area contributed by atoms with Crippen LogP contribution in [0.25, 0.3) is 49.7 Å². The van der Waals surface area contributed by atoms with Crippen molar-refractivity contribution in [1.82, 2.24) is 4.57 Å². The Labute approximate surface area is 267 Å². The fraction of sp³-hybridized carbons (Fsp3) is 0.0455. The van der Waals surface area contributed by atoms with E-state index >= 15 is 0 Å². The molecule has 0 bridgehead atoms. The number of ether oxygens (including phenoxy) is 1. The third-order valence-corrected chi connectivity index (χ3v) is 10.2. The molecule has 0 fully saturated rings. The third kappa shape index (κ3) is 3.41. The van der Waals surface area contributed by atoms with E-state index < -0.39 is 5.41 Å². The quantitative estimate of drug-likeness (QED) is 0.196. The lowest BCUT2D eigenvalue weighted by atomic mass is 9.68. The second-order valence-corrected chi connectivity index (χ2v) is 12.5. The van der Waals surface area contributed by atoms with Crippen LogP contribution >= 0.6 is 0 Å². The summed E-state index contributed by atoms with van der Waals surface area (Å²) in [4.78, 5) is 0. The molecule has 0 amide bonds. The first kappa shape index (κ1) is 25.5. The Morgan fingerprint density at radius 3 is 2.09 bits per heavy atom. The molecule has 2 heterocycles. The van der Waals surface area contributed by atoms with Crippen LogP contribution in [0.3, 0.4) is 0 Å². The van der Waals surface area contributed by atoms with E-state index in [0.717, 1.165) is 17.9 Å². The SMILES string of the molecule is c1ccc(-c2ccc3c(c2)c2ccccc2n3-c2cccc3c2C2(Cc4ccccc4Oc4ccccc42)c2ccccc2-3)cc1. The van der Waals surface area contributed by atoms with E-state index in [4.69, 9.17) is 4.74 Å². The fourth-order valence-electron chi connectivity index (χ4n) is 8.29. The van der Waals surface area contributed by atoms with Crippen molar-refractivity contribution in [3.63, 3.8) is 0 Å². The van der Waals surface area contributed by atoms with Crippen molar-refractivity contribution in [2.45, 2.75) is 11.8 Å². The van der Waals surface area contributed by atoms with Gasteiger partial charge in [-0.05, 0) is 81.8 Å². The van der Waals surface area contributed by atoms with Gasteiger partial charge >= 0.3 is 0 Å². The standard InChI is InChI=1S/C44H29NO/c1-2-13-29(14-3-1)30-25-26-39-35(27-30)33-17-6-9-21-38(33)45(39)40-22-12-18-34-32-16-5-7-19-36(32)44(43(34)40)28-31-15-4-10-23-41(31)46-42-24-11-8-20-37(42)44/h1-27H,28H2. The van der Waals surface area contributed by atoms with E-state index in [0.29, 0.717) is 0 Å². The molecule has 46 heavy (non-hydrogen) atoms. The maximum Gasteiger partial charge on any atom is 0.131 e. The number of benzene rings is 7. The van der Waals surface area contributed by atoms with Crippen LogP contribution < -0.4 is 4.74 Å². The van der Waals surface area contributed by atoms with Crippen molar-refractivity contribution in [2.24, 2.45) is 0 Å². The molecule has 0 radical (unpaired) electrons. The summed E-state index contributed by atoms with van der Waals surface area (Å²) in [6.07, 6.45) is 0.802. The van der Waals surface area contributed by atoms with E-state index in [2.05, 4.69) is 168 Å². The first-order valence-corrected chi connectivity index (χ1v) is 16.0. The summed E-state index contributed by atoms with van der Waals surface area (Å²) in [6.45, 7) is 0. The van der Waals surface area contributed by atoms with Crippen molar-refractivity contribution in [3.8, 4) is 39.4 Å². The molecule has 2 nitrogen and oxygen atoms in total. The summed E-state index contributed by atoms with van der Waals surface area (Å²) in [5, 5.41) is 2.52. The molecule has 0 saturated heterocycles. The molecule has 8 aromatic rings. The van der Waals surface area contributed by atoms with Crippen molar-refractivity contribution in [2.75, 3.05) is 0 Å². The highest BCUT2D eigenvalue weighted by molar-refractivity contribution is 6.11. The molecule has 1 atom stereocenters. The van der Waals surface area contributed by atoms with E-state index in [1.54, 1.807) is 0 Å². The van der Waals surface area contributed by atoms with Crippen LogP contribution in [-0.2, 0) is 11.8 Å². The van der Waals surface area contributed by atoms with Gasteiger partial charge < -0.3 is 9.30 Å². The van der Waals surface area contributed by atoms with Crippen molar-refractivity contribution in [3.05, 3.63) is 186 Å². The van der Waals surface area contributed by atoms with E-state index in [-0.39, 0.29) is 0 Å². The second kappa shape index (κ2) is 9.57. The smallest absolute Gasteiger partial charge is 0.131 e. The zero-order valence-corrected chi connectivity index (χ0v) is 25.2. The number of para-hydroxylation sites is 3. The van der Waals surface area contributed by atoms with Gasteiger partial charge in [-0.25, -0.2) is 0 Å². The van der Waals surface area contributed by atoms with Crippen molar-refractivity contribution in [1.29, 1.82) is 0 Å². The Morgan fingerprint density at radius 2 is 1.17 bits per heavy atom. The molecule has 10 rings (SSSR count). The minimum absolute atomic E-state index is 0.451. The highest BCUT2D eigenvalue weighted by atomic mass is 16.5. The predicted octanol–water partition coefficient (Wildman–Crippen LogP) is 11.1. The van der Waals surface area contributed by atoms with Gasteiger partial charge in [0.2, 0.25) is 0 Å². The normalized spacial score (nSPS) is 16.0. The summed E-state index contributed by atoms with van der Waals surface area (Å²) in [5.41, 5.74) is 13.3. The molecular weight excluding hydrogens is 558 g/mol. The zero-order valence-electron chi connectivity index (χ0n) is 25.2. The molecule has 1 spiro atoms. The van der Waals surface area contributed by atoms with Crippen LogP contribution in [0, 0.1) is 0 Å². The van der Waals surface area contributed by atoms with Crippen LogP contribution in [0.4, 0.5) is 0 Å². The maximum absolute atomic E-state index is 6.74. The largest absolute Gasteiger partial charge is 0.457 e. The average Bonchev–Trinajstić information content (AvgIpc) is 3.54. The summed E-state index contributed by atoms with van der Waals surface area (Å²) in [5.74, 6) is 1.85. The molecule has 216 valence electrons. The third-order valence-electron chi connectivity index (χ3n) is 10.2. The molecule has 1 aliphatic heterocycles. The summed E-state index contributed by atoms with van der Waals surface area (Å²) in [7, 11) is 0. The van der Waals surface area contributed by atoms with Gasteiger partial charge in [-0.2, -0.15) is 0 Å². The predicted molar refractivity (Wildman–Crippen MR) is 188 cm³/mol. The van der Waals surface area contributed by atoms with Crippen LogP contribution in [0.5, 0.6) is 11.5 Å². The van der Waals surface area contributed by atoms with Crippen LogP contribution in [0.1, 0.15) is 22.3 Å². The number of hydrogen-bond acceptors (Lipinski definition) is 1. The summed E-state index contributed by atoms with van der Waals surface area (Å²) >= 11 is 0. The van der Waals surface area contributed by atoms with Crippen LogP contribution in [0.15, 0.2) is 164 Å². The molecule has 1 unspecified atom stereocenters. The fourth-order valence-corrected chi connectivity index (χ4v) is 8.29. The molecule has 0 saturated carbocycles. The maximum atomic E-state index is 6.74. The van der Waals surface area contributed by atoms with Gasteiger partial charge in [0.15, 0.2) is 0 Å². The van der Waals surface area contributed by atoms with Gasteiger partial charge in [0.1, 0.15) is 11.5 Å². The highest BCUT2D eigenvalue weighted by Crippen LogP contribution is 2.60. The summed E-state index contributed by atoms with van der Waals surface area (Å²) in [6, 6.07) is 59.6. The first-order chi connectivity index (χ1) is 22.8. The number of fused-ring (bicyclic) bond motifs is 11. The topological polar surface area (TPSA) is 14.2 Å². The Balaban J connectivity index is 1.33. The van der Waals surface area contributed by atoms with Crippen LogP contribution in [0.2, 0.25) is 0 Å². The lowest BCUT2D eigenvalue weighted by molar-refractivity contribution is 0.477. The highest BCUT2D eigenvalue weighted by Gasteiger charge is 2.49. The minimum atomic E-state index is -0.451. The molecule has 2 heteroatoms. The zero-order chi connectivity index (χ0) is 30.2. The molecule has 1 aromatic heterocycles. The van der Waals surface area contributed by atoms with E-state index in [1.807, 2.05) is 0 Å². The molecule has 1 aliphatic carbocycles. The average molecular weight is 588 g/mol. The number of aromatic nitrogens is 1. The van der Waals surface area contributed by atoms with Gasteiger partial charge in [-0.3, -0.25) is 0 Å². The van der Waals surface area contributed by atoms with Crippen molar-refractivity contribution < 1.29 is 4.74 Å². The Kier molecular flexibility index (Phi) is 5.30. The van der Waals surface area contributed by atoms with Gasteiger partial charge in [0.25, 0.3) is 0 Å². The van der Waals surface area contributed by atoms with E-state index in [9.17, 15) is 0 Å². The number of hydrogen-bond donors (Lipinski definition) is 0. The van der Waals surface area contributed by atoms with Crippen molar-refractivity contribution >= 4 is 21.8 Å². The van der Waals surface area contributed by atoms with Gasteiger partial charge in [-0.15, -0.1) is 0 Å². The first-order valence-electron chi connectivity index (χ1n) is 16.0.